The summed E-state index contributed by atoms with van der Waals surface area (Å²) in [5, 5.41) is 16.2. The van der Waals surface area contributed by atoms with Crippen LogP contribution in [-0.2, 0) is 13.5 Å². The van der Waals surface area contributed by atoms with Crippen molar-refractivity contribution in [3.8, 4) is 11.3 Å². The van der Waals surface area contributed by atoms with E-state index in [2.05, 4.69) is 41.6 Å². The first-order valence-corrected chi connectivity index (χ1v) is 10.6. The molecule has 32 heavy (non-hydrogen) atoms. The number of aromatic nitrogens is 8. The molecule has 0 atom stereocenters. The Morgan fingerprint density at radius 1 is 1.06 bits per heavy atom. The van der Waals surface area contributed by atoms with E-state index in [1.54, 1.807) is 17.1 Å². The average molecular weight is 423 g/mol. The van der Waals surface area contributed by atoms with Gasteiger partial charge in [0.1, 0.15) is 11.6 Å². The van der Waals surface area contributed by atoms with E-state index in [9.17, 15) is 0 Å². The van der Waals surface area contributed by atoms with Crippen molar-refractivity contribution in [1.29, 1.82) is 0 Å². The van der Waals surface area contributed by atoms with Gasteiger partial charge < -0.3 is 5.32 Å². The number of hydrogen-bond acceptors (Lipinski definition) is 7. The van der Waals surface area contributed by atoms with Gasteiger partial charge in [0.15, 0.2) is 5.65 Å². The van der Waals surface area contributed by atoms with E-state index in [0.29, 0.717) is 18.3 Å². The molecule has 1 fully saturated rings. The maximum atomic E-state index is 4.64. The normalized spacial score (nSPS) is 13.5. The van der Waals surface area contributed by atoms with Crippen LogP contribution in [-0.4, -0.2) is 39.3 Å². The fourth-order valence-electron chi connectivity index (χ4n) is 3.84. The largest absolute Gasteiger partial charge is 0.309 e. The number of fused-ring (bicyclic) bond motifs is 1. The van der Waals surface area contributed by atoms with E-state index in [1.165, 1.54) is 18.4 Å². The third kappa shape index (κ3) is 3.58. The van der Waals surface area contributed by atoms with Crippen LogP contribution in [0.15, 0.2) is 61.3 Å². The van der Waals surface area contributed by atoms with Gasteiger partial charge in [-0.05, 0) is 48.1 Å². The Hall–Kier alpha value is -4.14. The summed E-state index contributed by atoms with van der Waals surface area (Å²) in [4.78, 5) is 13.4. The van der Waals surface area contributed by atoms with E-state index in [-0.39, 0.29) is 0 Å². The molecule has 0 saturated heterocycles. The van der Waals surface area contributed by atoms with Crippen molar-refractivity contribution in [3.63, 3.8) is 0 Å². The predicted octanol–water partition coefficient (Wildman–Crippen LogP) is 3.53. The summed E-state index contributed by atoms with van der Waals surface area (Å²) in [7, 11) is 1.86. The Morgan fingerprint density at radius 3 is 2.84 bits per heavy atom. The van der Waals surface area contributed by atoms with Gasteiger partial charge in [0, 0.05) is 49.9 Å². The molecule has 1 aliphatic rings. The number of hydrogen-bond donors (Lipinski definition) is 1. The topological polar surface area (TPSA) is 98.7 Å². The first kappa shape index (κ1) is 18.6. The van der Waals surface area contributed by atoms with E-state index in [4.69, 9.17) is 0 Å². The smallest absolute Gasteiger partial charge is 0.228 e. The molecule has 158 valence electrons. The van der Waals surface area contributed by atoms with Crippen LogP contribution in [0.5, 0.6) is 0 Å². The van der Waals surface area contributed by atoms with Gasteiger partial charge in [-0.15, -0.1) is 10.2 Å². The molecule has 0 amide bonds. The molecule has 0 aliphatic heterocycles. The van der Waals surface area contributed by atoms with E-state index < -0.39 is 0 Å². The number of nitrogens with one attached hydrogen (secondary N) is 1. The monoisotopic (exact) mass is 423 g/mol. The number of rotatable bonds is 6. The van der Waals surface area contributed by atoms with Crippen LogP contribution >= 0.6 is 0 Å². The molecule has 5 heterocycles. The summed E-state index contributed by atoms with van der Waals surface area (Å²) in [5.74, 6) is 2.91. The molecule has 0 radical (unpaired) electrons. The SMILES string of the molecule is Cn1nccc1Nc1nccc(-c2ccn3c(Cc4cncc(C5CC5)c4)nnc3c2)n1. The Kier molecular flexibility index (Phi) is 4.38. The van der Waals surface area contributed by atoms with Crippen molar-refractivity contribution in [2.24, 2.45) is 7.05 Å². The minimum Gasteiger partial charge on any atom is -0.309 e. The summed E-state index contributed by atoms with van der Waals surface area (Å²) in [6, 6.07) is 10.0. The Labute approximate surface area is 184 Å². The van der Waals surface area contributed by atoms with Crippen LogP contribution in [0.4, 0.5) is 11.8 Å². The fourth-order valence-corrected chi connectivity index (χ4v) is 3.84. The van der Waals surface area contributed by atoms with Crippen LogP contribution in [0.1, 0.15) is 35.7 Å². The lowest BCUT2D eigenvalue weighted by Crippen LogP contribution is -2.03. The van der Waals surface area contributed by atoms with Crippen LogP contribution in [0, 0.1) is 0 Å². The van der Waals surface area contributed by atoms with Gasteiger partial charge in [-0.3, -0.25) is 14.1 Å². The molecule has 0 spiro atoms. The first-order chi connectivity index (χ1) is 15.7. The second-order valence-corrected chi connectivity index (χ2v) is 8.07. The van der Waals surface area contributed by atoms with Crippen molar-refractivity contribution < 1.29 is 0 Å². The summed E-state index contributed by atoms with van der Waals surface area (Å²) in [6.07, 6.45) is 12.6. The molecule has 5 aromatic heterocycles. The lowest BCUT2D eigenvalue weighted by molar-refractivity contribution is 0.775. The van der Waals surface area contributed by atoms with Gasteiger partial charge in [-0.1, -0.05) is 6.07 Å². The zero-order chi connectivity index (χ0) is 21.5. The minimum atomic E-state index is 0.510. The molecule has 1 N–H and O–H groups in total. The lowest BCUT2D eigenvalue weighted by Gasteiger charge is -2.07. The van der Waals surface area contributed by atoms with Crippen molar-refractivity contribution >= 4 is 17.4 Å². The summed E-state index contributed by atoms with van der Waals surface area (Å²) in [5.41, 5.74) is 5.03. The molecule has 9 nitrogen and oxygen atoms in total. The molecule has 5 aromatic rings. The molecule has 6 rings (SSSR count). The zero-order valence-corrected chi connectivity index (χ0v) is 17.5. The van der Waals surface area contributed by atoms with Gasteiger partial charge in [-0.25, -0.2) is 9.97 Å². The molecular formula is C23H21N9. The van der Waals surface area contributed by atoms with Gasteiger partial charge in [0.2, 0.25) is 5.95 Å². The number of nitrogens with zero attached hydrogens (tertiary/aromatic N) is 8. The maximum absolute atomic E-state index is 4.64. The van der Waals surface area contributed by atoms with Gasteiger partial charge in [0.25, 0.3) is 0 Å². The third-order valence-corrected chi connectivity index (χ3v) is 5.72. The second-order valence-electron chi connectivity index (χ2n) is 8.07. The van der Waals surface area contributed by atoms with Crippen molar-refractivity contribution in [3.05, 3.63) is 78.3 Å². The lowest BCUT2D eigenvalue weighted by atomic mass is 10.1. The van der Waals surface area contributed by atoms with Gasteiger partial charge in [0.05, 0.1) is 11.9 Å². The number of pyridine rings is 2. The van der Waals surface area contributed by atoms with Crippen molar-refractivity contribution in [1.82, 2.24) is 39.3 Å². The average Bonchev–Trinajstić information content (AvgIpc) is 3.50. The molecule has 9 heteroatoms. The Balaban J connectivity index is 1.27. The third-order valence-electron chi connectivity index (χ3n) is 5.72. The van der Waals surface area contributed by atoms with Crippen LogP contribution in [0.3, 0.4) is 0 Å². The summed E-state index contributed by atoms with van der Waals surface area (Å²) >= 11 is 0. The maximum Gasteiger partial charge on any atom is 0.228 e. The van der Waals surface area contributed by atoms with E-state index in [1.807, 2.05) is 54.3 Å². The van der Waals surface area contributed by atoms with Crippen molar-refractivity contribution in [2.45, 2.75) is 25.2 Å². The van der Waals surface area contributed by atoms with Crippen LogP contribution in [0.2, 0.25) is 0 Å². The molecule has 0 unspecified atom stereocenters. The Bertz CT molecular complexity index is 1410. The van der Waals surface area contributed by atoms with Gasteiger partial charge >= 0.3 is 0 Å². The van der Waals surface area contributed by atoms with E-state index in [0.717, 1.165) is 34.1 Å². The highest BCUT2D eigenvalue weighted by atomic mass is 15.3. The van der Waals surface area contributed by atoms with E-state index >= 15 is 0 Å². The highest BCUT2D eigenvalue weighted by Gasteiger charge is 2.24. The van der Waals surface area contributed by atoms with Crippen LogP contribution in [0.25, 0.3) is 16.9 Å². The minimum absolute atomic E-state index is 0.510. The highest BCUT2D eigenvalue weighted by molar-refractivity contribution is 5.65. The molecular weight excluding hydrogens is 402 g/mol. The van der Waals surface area contributed by atoms with Crippen LogP contribution < -0.4 is 5.32 Å². The second kappa shape index (κ2) is 7.52. The molecule has 1 aliphatic carbocycles. The Morgan fingerprint density at radius 2 is 2.00 bits per heavy atom. The zero-order valence-electron chi connectivity index (χ0n) is 17.5. The molecule has 0 aromatic carbocycles. The number of aryl methyl sites for hydroxylation is 1. The van der Waals surface area contributed by atoms with Crippen molar-refractivity contribution in [2.75, 3.05) is 5.32 Å². The highest BCUT2D eigenvalue weighted by Crippen LogP contribution is 2.39. The van der Waals surface area contributed by atoms with Gasteiger partial charge in [-0.2, -0.15) is 5.10 Å². The fraction of sp³-hybridized carbons (Fsp3) is 0.217. The quantitative estimate of drug-likeness (QED) is 0.446. The standard InChI is InChI=1S/C23H21N9/c1-31-20(5-8-26-31)28-23-25-7-4-19(27-23)17-6-9-32-21(29-30-22(32)12-17)11-15-10-18(14-24-13-15)16-2-3-16/h4-10,12-14,16H,2-3,11H2,1H3,(H,25,27,28). The molecule has 1 saturated carbocycles. The number of anilines is 2. The summed E-state index contributed by atoms with van der Waals surface area (Å²) in [6.45, 7) is 0. The summed E-state index contributed by atoms with van der Waals surface area (Å²) < 4.78 is 3.75. The predicted molar refractivity (Wildman–Crippen MR) is 120 cm³/mol. The first-order valence-electron chi connectivity index (χ1n) is 10.6. The molecule has 0 bridgehead atoms.